The minimum atomic E-state index is -3.57. The Bertz CT molecular complexity index is 825. The number of nitrogens with zero attached hydrogens (tertiary/aromatic N) is 2. The molecule has 0 radical (unpaired) electrons. The van der Waals surface area contributed by atoms with Gasteiger partial charge in [0.25, 0.3) is 0 Å². The van der Waals surface area contributed by atoms with E-state index in [1.807, 2.05) is 18.2 Å². The zero-order valence-electron chi connectivity index (χ0n) is 15.8. The summed E-state index contributed by atoms with van der Waals surface area (Å²) in [5.41, 5.74) is 1.30. The van der Waals surface area contributed by atoms with Crippen LogP contribution < -0.4 is 9.47 Å². The quantitative estimate of drug-likeness (QED) is 0.726. The molecule has 1 aliphatic heterocycles. The van der Waals surface area contributed by atoms with Crippen LogP contribution in [-0.4, -0.2) is 64.6 Å². The van der Waals surface area contributed by atoms with Gasteiger partial charge in [-0.3, -0.25) is 0 Å². The molecule has 0 atom stereocenters. The van der Waals surface area contributed by atoms with Gasteiger partial charge in [0.1, 0.15) is 11.5 Å². The Labute approximate surface area is 161 Å². The monoisotopic (exact) mass is 390 g/mol. The third-order valence-corrected chi connectivity index (χ3v) is 6.73. The van der Waals surface area contributed by atoms with Gasteiger partial charge in [-0.15, -0.1) is 0 Å². The molecule has 0 unspecified atom stereocenters. The molecule has 1 saturated heterocycles. The molecule has 0 aromatic heterocycles. The van der Waals surface area contributed by atoms with Gasteiger partial charge in [0, 0.05) is 50.9 Å². The Morgan fingerprint density at radius 3 is 2.04 bits per heavy atom. The predicted octanol–water partition coefficient (Wildman–Crippen LogP) is 2.25. The van der Waals surface area contributed by atoms with Gasteiger partial charge in [-0.2, -0.15) is 4.31 Å². The largest absolute Gasteiger partial charge is 0.497 e. The summed E-state index contributed by atoms with van der Waals surface area (Å²) in [5, 5.41) is 0. The Kier molecular flexibility index (Phi) is 6.36. The zero-order valence-corrected chi connectivity index (χ0v) is 16.6. The van der Waals surface area contributed by atoms with Gasteiger partial charge in [0.15, 0.2) is 0 Å². The van der Waals surface area contributed by atoms with Gasteiger partial charge in [0.2, 0.25) is 10.0 Å². The minimum Gasteiger partial charge on any atom is -0.497 e. The van der Waals surface area contributed by atoms with Crippen LogP contribution in [0, 0.1) is 0 Å². The summed E-state index contributed by atoms with van der Waals surface area (Å²) in [6.07, 6.45) is 0.973. The lowest BCUT2D eigenvalue weighted by Crippen LogP contribution is -2.49. The summed E-state index contributed by atoms with van der Waals surface area (Å²) in [5.74, 6) is 0.934. The fraction of sp³-hybridized carbons (Fsp3) is 0.400. The first kappa shape index (κ1) is 19.7. The third kappa shape index (κ3) is 4.80. The van der Waals surface area contributed by atoms with Crippen molar-refractivity contribution in [2.24, 2.45) is 0 Å². The minimum absolute atomic E-state index is 0.205. The second-order valence-corrected chi connectivity index (χ2v) is 8.47. The summed E-state index contributed by atoms with van der Waals surface area (Å²) in [6.45, 7) is 3.36. The van der Waals surface area contributed by atoms with Gasteiger partial charge >= 0.3 is 0 Å². The van der Waals surface area contributed by atoms with Crippen molar-refractivity contribution in [2.75, 3.05) is 46.9 Å². The molecule has 1 aliphatic rings. The van der Waals surface area contributed by atoms with Crippen molar-refractivity contribution in [2.45, 2.75) is 11.3 Å². The summed E-state index contributed by atoms with van der Waals surface area (Å²) < 4.78 is 38.0. The molecule has 7 heteroatoms. The molecule has 0 spiro atoms. The van der Waals surface area contributed by atoms with Crippen LogP contribution in [0.25, 0.3) is 0 Å². The van der Waals surface area contributed by atoms with E-state index in [0.717, 1.165) is 26.1 Å². The molecule has 1 heterocycles. The highest BCUT2D eigenvalue weighted by molar-refractivity contribution is 7.89. The van der Waals surface area contributed by atoms with E-state index in [1.165, 1.54) is 19.8 Å². The highest BCUT2D eigenvalue weighted by Gasteiger charge is 2.29. The van der Waals surface area contributed by atoms with Crippen LogP contribution in [0.2, 0.25) is 0 Å². The number of piperazine rings is 1. The average molecular weight is 391 g/mol. The lowest BCUT2D eigenvalue weighted by Gasteiger charge is -2.34. The van der Waals surface area contributed by atoms with E-state index < -0.39 is 10.0 Å². The van der Waals surface area contributed by atoms with E-state index in [1.54, 1.807) is 22.5 Å². The molecule has 2 aromatic rings. The van der Waals surface area contributed by atoms with E-state index in [2.05, 4.69) is 17.0 Å². The number of hydrogen-bond acceptors (Lipinski definition) is 5. The second-order valence-electron chi connectivity index (χ2n) is 6.53. The highest BCUT2D eigenvalue weighted by atomic mass is 32.2. The zero-order chi connectivity index (χ0) is 19.3. The van der Waals surface area contributed by atoms with Gasteiger partial charge in [-0.1, -0.05) is 30.3 Å². The van der Waals surface area contributed by atoms with Crippen molar-refractivity contribution >= 4 is 10.0 Å². The van der Waals surface area contributed by atoms with Crippen molar-refractivity contribution in [1.82, 2.24) is 9.21 Å². The third-order valence-electron chi connectivity index (χ3n) is 4.85. The van der Waals surface area contributed by atoms with Crippen molar-refractivity contribution in [3.8, 4) is 11.5 Å². The van der Waals surface area contributed by atoms with Gasteiger partial charge in [-0.05, 0) is 12.0 Å². The maximum atomic E-state index is 13.0. The van der Waals surface area contributed by atoms with Crippen molar-refractivity contribution in [3.63, 3.8) is 0 Å². The molecule has 0 bridgehead atoms. The SMILES string of the molecule is COc1cc(OC)cc(S(=O)(=O)N2CCN(CCc3ccccc3)CC2)c1. The lowest BCUT2D eigenvalue weighted by atomic mass is 10.1. The molecule has 0 aliphatic carbocycles. The van der Waals surface area contributed by atoms with Crippen LogP contribution in [0.15, 0.2) is 53.4 Å². The number of benzene rings is 2. The molecule has 0 N–H and O–H groups in total. The summed E-state index contributed by atoms with van der Waals surface area (Å²) in [6, 6.07) is 15.1. The van der Waals surface area contributed by atoms with Crippen LogP contribution in [0.5, 0.6) is 11.5 Å². The second kappa shape index (κ2) is 8.73. The van der Waals surface area contributed by atoms with Crippen molar-refractivity contribution in [3.05, 3.63) is 54.1 Å². The lowest BCUT2D eigenvalue weighted by molar-refractivity contribution is 0.190. The standard InChI is InChI=1S/C20H26N2O4S/c1-25-18-14-19(26-2)16-20(15-18)27(23,24)22-12-10-21(11-13-22)9-8-17-6-4-3-5-7-17/h3-7,14-16H,8-13H2,1-2H3. The van der Waals surface area contributed by atoms with Crippen molar-refractivity contribution in [1.29, 1.82) is 0 Å². The summed E-state index contributed by atoms with van der Waals surface area (Å²) >= 11 is 0. The predicted molar refractivity (Wildman–Crippen MR) is 105 cm³/mol. The Morgan fingerprint density at radius 2 is 1.48 bits per heavy atom. The number of rotatable bonds is 7. The van der Waals surface area contributed by atoms with Crippen LogP contribution in [0.3, 0.4) is 0 Å². The van der Waals surface area contributed by atoms with Crippen LogP contribution in [0.4, 0.5) is 0 Å². The highest BCUT2D eigenvalue weighted by Crippen LogP contribution is 2.28. The molecule has 0 amide bonds. The van der Waals surface area contributed by atoms with Crippen LogP contribution in [-0.2, 0) is 16.4 Å². The number of methoxy groups -OCH3 is 2. The molecule has 6 nitrogen and oxygen atoms in total. The van der Waals surface area contributed by atoms with Gasteiger partial charge in [-0.25, -0.2) is 8.42 Å². The maximum Gasteiger partial charge on any atom is 0.243 e. The maximum absolute atomic E-state index is 13.0. The van der Waals surface area contributed by atoms with E-state index >= 15 is 0 Å². The van der Waals surface area contributed by atoms with E-state index in [9.17, 15) is 8.42 Å². The molecule has 27 heavy (non-hydrogen) atoms. The molecule has 3 rings (SSSR count). The first-order chi connectivity index (χ1) is 13.0. The van der Waals surface area contributed by atoms with Crippen LogP contribution in [0.1, 0.15) is 5.56 Å². The molecular weight excluding hydrogens is 364 g/mol. The van der Waals surface area contributed by atoms with E-state index in [4.69, 9.17) is 9.47 Å². The molecule has 2 aromatic carbocycles. The average Bonchev–Trinajstić information content (AvgIpc) is 2.72. The van der Waals surface area contributed by atoms with E-state index in [0.29, 0.717) is 24.6 Å². The normalized spacial score (nSPS) is 16.2. The number of sulfonamides is 1. The Balaban J connectivity index is 1.63. The molecule has 146 valence electrons. The molecular formula is C20H26N2O4S. The fourth-order valence-electron chi connectivity index (χ4n) is 3.20. The smallest absolute Gasteiger partial charge is 0.243 e. The molecule has 0 saturated carbocycles. The molecule has 1 fully saturated rings. The van der Waals surface area contributed by atoms with Gasteiger partial charge in [0.05, 0.1) is 19.1 Å². The first-order valence-corrected chi connectivity index (χ1v) is 10.5. The fourth-order valence-corrected chi connectivity index (χ4v) is 4.68. The Hall–Kier alpha value is -2.09. The summed E-state index contributed by atoms with van der Waals surface area (Å²) in [4.78, 5) is 2.52. The number of ether oxygens (including phenoxy) is 2. The first-order valence-electron chi connectivity index (χ1n) is 9.02. The van der Waals surface area contributed by atoms with Gasteiger partial charge < -0.3 is 14.4 Å². The van der Waals surface area contributed by atoms with Crippen molar-refractivity contribution < 1.29 is 17.9 Å². The van der Waals surface area contributed by atoms with E-state index in [-0.39, 0.29) is 4.90 Å². The van der Waals surface area contributed by atoms with Crippen LogP contribution >= 0.6 is 0 Å². The summed E-state index contributed by atoms with van der Waals surface area (Å²) in [7, 11) is -0.550. The number of hydrogen-bond donors (Lipinski definition) is 0. The topological polar surface area (TPSA) is 59.1 Å². The Morgan fingerprint density at radius 1 is 0.889 bits per heavy atom.